The third-order valence-corrected chi connectivity index (χ3v) is 5.93. The molecule has 6 heteroatoms. The van der Waals surface area contributed by atoms with Gasteiger partial charge in [-0.1, -0.05) is 42.5 Å². The fourth-order valence-corrected chi connectivity index (χ4v) is 4.26. The van der Waals surface area contributed by atoms with Gasteiger partial charge in [0.25, 0.3) is 0 Å². The zero-order valence-electron chi connectivity index (χ0n) is 17.4. The number of aryl methyl sites for hydroxylation is 2. The molecule has 1 atom stereocenters. The lowest BCUT2D eigenvalue weighted by atomic mass is 9.91. The number of rotatable bonds is 6. The van der Waals surface area contributed by atoms with Crippen molar-refractivity contribution in [3.63, 3.8) is 0 Å². The number of aliphatic hydroxyl groups excluding tert-OH is 1. The normalized spacial score (nSPS) is 16.0. The van der Waals surface area contributed by atoms with Crippen LogP contribution in [0, 0.1) is 5.92 Å². The second kappa shape index (κ2) is 9.30. The molecule has 0 bridgehead atoms. The topological polar surface area (TPSA) is 67.6 Å². The number of benzene rings is 2. The average molecular weight is 408 g/mol. The number of amides is 1. The summed E-state index contributed by atoms with van der Waals surface area (Å²) in [6, 6.07) is 18.4. The van der Waals surface area contributed by atoms with Crippen molar-refractivity contribution in [1.82, 2.24) is 14.5 Å². The first-order valence-corrected chi connectivity index (χ1v) is 10.8. The largest absolute Gasteiger partial charge is 0.450 e. The number of fused-ring (bicyclic) bond motifs is 1. The Kier molecular flexibility index (Phi) is 6.33. The van der Waals surface area contributed by atoms with E-state index in [2.05, 4.69) is 34.9 Å². The molecule has 6 nitrogen and oxygen atoms in total. The monoisotopic (exact) mass is 407 g/mol. The number of aliphatic hydroxyl groups is 1. The molecule has 1 N–H and O–H groups in total. The molecule has 2 heterocycles. The highest BCUT2D eigenvalue weighted by Crippen LogP contribution is 2.32. The lowest BCUT2D eigenvalue weighted by molar-refractivity contribution is 0.0428. The van der Waals surface area contributed by atoms with Gasteiger partial charge in [-0.25, -0.2) is 9.78 Å². The Hall–Kier alpha value is -2.86. The Balaban J connectivity index is 1.52. The molecule has 1 fully saturated rings. The van der Waals surface area contributed by atoms with Gasteiger partial charge in [0.1, 0.15) is 11.9 Å². The SMILES string of the molecule is CCOC(=O)N1CCC(C(O)c2nc3ccccc3n2CCc2ccccc2)CC1. The van der Waals surface area contributed by atoms with Crippen LogP contribution in [0.4, 0.5) is 4.79 Å². The van der Waals surface area contributed by atoms with Crippen LogP contribution in [-0.4, -0.2) is 45.3 Å². The van der Waals surface area contributed by atoms with Crippen LogP contribution in [0.1, 0.15) is 37.3 Å². The fourth-order valence-electron chi connectivity index (χ4n) is 4.26. The number of carbonyl (C=O) groups is 1. The number of hydrogen-bond donors (Lipinski definition) is 1. The minimum Gasteiger partial charge on any atom is -0.450 e. The van der Waals surface area contributed by atoms with Gasteiger partial charge < -0.3 is 19.3 Å². The van der Waals surface area contributed by atoms with Crippen molar-refractivity contribution < 1.29 is 14.6 Å². The Morgan fingerprint density at radius 2 is 1.83 bits per heavy atom. The van der Waals surface area contributed by atoms with E-state index in [0.29, 0.717) is 19.7 Å². The highest BCUT2D eigenvalue weighted by Gasteiger charge is 2.31. The Morgan fingerprint density at radius 1 is 1.13 bits per heavy atom. The van der Waals surface area contributed by atoms with Crippen LogP contribution < -0.4 is 0 Å². The molecule has 0 radical (unpaired) electrons. The van der Waals surface area contributed by atoms with Crippen molar-refractivity contribution in [3.05, 3.63) is 66.0 Å². The zero-order valence-corrected chi connectivity index (χ0v) is 17.4. The number of carbonyl (C=O) groups excluding carboxylic acids is 1. The molecule has 1 aliphatic rings. The van der Waals surface area contributed by atoms with Gasteiger partial charge in [-0.15, -0.1) is 0 Å². The van der Waals surface area contributed by atoms with E-state index >= 15 is 0 Å². The van der Waals surface area contributed by atoms with Gasteiger partial charge in [0.2, 0.25) is 0 Å². The van der Waals surface area contributed by atoms with Crippen LogP contribution >= 0.6 is 0 Å². The number of likely N-dealkylation sites (tertiary alicyclic amines) is 1. The van der Waals surface area contributed by atoms with E-state index in [-0.39, 0.29) is 12.0 Å². The zero-order chi connectivity index (χ0) is 20.9. The molecule has 1 aromatic heterocycles. The number of nitrogens with zero attached hydrogens (tertiary/aromatic N) is 3. The van der Waals surface area contributed by atoms with Gasteiger partial charge in [-0.3, -0.25) is 0 Å². The molecule has 2 aromatic carbocycles. The summed E-state index contributed by atoms with van der Waals surface area (Å²) in [4.78, 5) is 18.5. The molecule has 158 valence electrons. The van der Waals surface area contributed by atoms with Gasteiger partial charge in [0, 0.05) is 19.6 Å². The number of aromatic nitrogens is 2. The first-order chi connectivity index (χ1) is 14.7. The summed E-state index contributed by atoms with van der Waals surface area (Å²) in [5, 5.41) is 11.2. The second-order valence-electron chi connectivity index (χ2n) is 7.81. The first kappa shape index (κ1) is 20.4. The van der Waals surface area contributed by atoms with E-state index in [1.165, 1.54) is 5.56 Å². The molecular weight excluding hydrogens is 378 g/mol. The number of ether oxygens (including phenoxy) is 1. The quantitative estimate of drug-likeness (QED) is 0.666. The third kappa shape index (κ3) is 4.33. The van der Waals surface area contributed by atoms with Gasteiger partial charge in [-0.2, -0.15) is 0 Å². The molecule has 4 rings (SSSR count). The van der Waals surface area contributed by atoms with Crippen LogP contribution in [0.25, 0.3) is 11.0 Å². The summed E-state index contributed by atoms with van der Waals surface area (Å²) in [7, 11) is 0. The van der Waals surface area contributed by atoms with E-state index in [0.717, 1.165) is 42.7 Å². The smallest absolute Gasteiger partial charge is 0.409 e. The molecule has 1 unspecified atom stereocenters. The van der Waals surface area contributed by atoms with Crippen molar-refractivity contribution in [2.45, 2.75) is 38.8 Å². The summed E-state index contributed by atoms with van der Waals surface area (Å²) >= 11 is 0. The van der Waals surface area contributed by atoms with Gasteiger partial charge in [0.05, 0.1) is 17.6 Å². The summed E-state index contributed by atoms with van der Waals surface area (Å²) in [6.45, 7) is 4.16. The second-order valence-corrected chi connectivity index (χ2v) is 7.81. The van der Waals surface area contributed by atoms with Gasteiger partial charge >= 0.3 is 6.09 Å². The van der Waals surface area contributed by atoms with Crippen LogP contribution in [0.15, 0.2) is 54.6 Å². The number of imidazole rings is 1. The van der Waals surface area contributed by atoms with E-state index in [4.69, 9.17) is 9.72 Å². The maximum atomic E-state index is 12.0. The third-order valence-electron chi connectivity index (χ3n) is 5.93. The summed E-state index contributed by atoms with van der Waals surface area (Å²) in [5.41, 5.74) is 3.22. The van der Waals surface area contributed by atoms with E-state index in [1.54, 1.807) is 4.90 Å². The first-order valence-electron chi connectivity index (χ1n) is 10.8. The molecular formula is C24H29N3O3. The van der Waals surface area contributed by atoms with Crippen LogP contribution in [0.2, 0.25) is 0 Å². The van der Waals surface area contributed by atoms with Crippen molar-refractivity contribution >= 4 is 17.1 Å². The van der Waals surface area contributed by atoms with Crippen LogP contribution in [0.3, 0.4) is 0 Å². The molecule has 30 heavy (non-hydrogen) atoms. The lowest BCUT2D eigenvalue weighted by Crippen LogP contribution is -2.40. The van der Waals surface area contributed by atoms with Crippen LogP contribution in [-0.2, 0) is 17.7 Å². The van der Waals surface area contributed by atoms with E-state index in [9.17, 15) is 9.90 Å². The van der Waals surface area contributed by atoms with Crippen molar-refractivity contribution in [2.24, 2.45) is 5.92 Å². The highest BCUT2D eigenvalue weighted by atomic mass is 16.6. The van der Waals surface area contributed by atoms with E-state index in [1.807, 2.05) is 31.2 Å². The van der Waals surface area contributed by atoms with Gasteiger partial charge in [0.15, 0.2) is 0 Å². The van der Waals surface area contributed by atoms with Crippen LogP contribution in [0.5, 0.6) is 0 Å². The summed E-state index contributed by atoms with van der Waals surface area (Å²) in [6.07, 6.45) is 1.43. The molecule has 1 aliphatic heterocycles. The Labute approximate surface area is 177 Å². The number of piperidine rings is 1. The Bertz CT molecular complexity index is 978. The fraction of sp³-hybridized carbons (Fsp3) is 0.417. The molecule has 0 aliphatic carbocycles. The molecule has 1 amide bonds. The maximum absolute atomic E-state index is 12.0. The molecule has 3 aromatic rings. The summed E-state index contributed by atoms with van der Waals surface area (Å²) < 4.78 is 7.26. The molecule has 0 spiro atoms. The maximum Gasteiger partial charge on any atom is 0.409 e. The molecule has 1 saturated heterocycles. The van der Waals surface area contributed by atoms with Gasteiger partial charge in [-0.05, 0) is 49.8 Å². The predicted molar refractivity (Wildman–Crippen MR) is 116 cm³/mol. The standard InChI is InChI=1S/C24H29N3O3/c1-2-30-24(29)26-15-13-19(14-16-26)22(28)23-25-20-10-6-7-11-21(20)27(23)17-12-18-8-4-3-5-9-18/h3-11,19,22,28H,2,12-17H2,1H3. The van der Waals surface area contributed by atoms with Crippen molar-refractivity contribution in [1.29, 1.82) is 0 Å². The number of hydrogen-bond acceptors (Lipinski definition) is 4. The molecule has 0 saturated carbocycles. The minimum atomic E-state index is -0.655. The van der Waals surface area contributed by atoms with Crippen molar-refractivity contribution in [3.8, 4) is 0 Å². The summed E-state index contributed by atoms with van der Waals surface area (Å²) in [5.74, 6) is 0.796. The number of para-hydroxylation sites is 2. The predicted octanol–water partition coefficient (Wildman–Crippen LogP) is 4.18. The Morgan fingerprint density at radius 3 is 2.57 bits per heavy atom. The lowest BCUT2D eigenvalue weighted by Gasteiger charge is -2.33. The average Bonchev–Trinajstić information content (AvgIpc) is 3.17. The van der Waals surface area contributed by atoms with Crippen molar-refractivity contribution in [2.75, 3.05) is 19.7 Å². The highest BCUT2D eigenvalue weighted by molar-refractivity contribution is 5.76. The van der Waals surface area contributed by atoms with E-state index < -0.39 is 6.10 Å². The minimum absolute atomic E-state index is 0.0722.